The minimum atomic E-state index is -4.71. The zero-order chi connectivity index (χ0) is 17.3. The molecule has 4 nitrogen and oxygen atoms in total. The van der Waals surface area contributed by atoms with E-state index in [0.29, 0.717) is 23.2 Å². The zero-order valence-electron chi connectivity index (χ0n) is 12.8. The van der Waals surface area contributed by atoms with Gasteiger partial charge in [0.2, 0.25) is 0 Å². The van der Waals surface area contributed by atoms with Gasteiger partial charge in [0.1, 0.15) is 5.75 Å². The smallest absolute Gasteiger partial charge is 0.408 e. The number of fused-ring (bicyclic) bond motifs is 1. The molecule has 0 saturated heterocycles. The van der Waals surface area contributed by atoms with Crippen molar-refractivity contribution in [1.82, 2.24) is 4.57 Å². The van der Waals surface area contributed by atoms with Crippen LogP contribution in [0.15, 0.2) is 51.7 Å². The third-order valence-electron chi connectivity index (χ3n) is 3.54. The summed E-state index contributed by atoms with van der Waals surface area (Å²) in [5.41, 5.74) is 2.62. The fourth-order valence-corrected chi connectivity index (χ4v) is 2.53. The first kappa shape index (κ1) is 16.2. The molecule has 0 bridgehead atoms. The van der Waals surface area contributed by atoms with Gasteiger partial charge in [0, 0.05) is 6.54 Å². The predicted molar refractivity (Wildman–Crippen MR) is 82.9 cm³/mol. The second kappa shape index (κ2) is 6.07. The van der Waals surface area contributed by atoms with Crippen molar-refractivity contribution < 1.29 is 22.3 Å². The van der Waals surface area contributed by atoms with Gasteiger partial charge in [-0.1, -0.05) is 25.1 Å². The monoisotopic (exact) mass is 337 g/mol. The van der Waals surface area contributed by atoms with Gasteiger partial charge in [-0.05, 0) is 41.8 Å². The van der Waals surface area contributed by atoms with E-state index in [1.165, 1.54) is 24.3 Å². The molecule has 126 valence electrons. The summed E-state index contributed by atoms with van der Waals surface area (Å²) in [6.45, 7) is 2.49. The quantitative estimate of drug-likeness (QED) is 0.700. The zero-order valence-corrected chi connectivity index (χ0v) is 12.8. The molecule has 0 fully saturated rings. The van der Waals surface area contributed by atoms with E-state index in [2.05, 4.69) is 4.74 Å². The fraction of sp³-hybridized carbons (Fsp3) is 0.235. The van der Waals surface area contributed by atoms with Crippen molar-refractivity contribution in [3.05, 3.63) is 53.0 Å². The normalized spacial score (nSPS) is 11.8. The van der Waals surface area contributed by atoms with Crippen LogP contribution in [0.3, 0.4) is 0 Å². The van der Waals surface area contributed by atoms with E-state index >= 15 is 0 Å². The summed E-state index contributed by atoms with van der Waals surface area (Å²) in [7, 11) is 0. The fourth-order valence-electron chi connectivity index (χ4n) is 2.53. The van der Waals surface area contributed by atoms with Crippen LogP contribution in [-0.2, 0) is 6.54 Å². The number of hydrogen-bond acceptors (Lipinski definition) is 3. The molecule has 0 N–H and O–H groups in total. The summed E-state index contributed by atoms with van der Waals surface area (Å²) < 4.78 is 47.2. The number of nitrogens with zero attached hydrogens (tertiary/aromatic N) is 1. The Morgan fingerprint density at radius 2 is 1.75 bits per heavy atom. The van der Waals surface area contributed by atoms with Crippen LogP contribution in [0.25, 0.3) is 22.2 Å². The van der Waals surface area contributed by atoms with Gasteiger partial charge in [-0.2, -0.15) is 0 Å². The van der Waals surface area contributed by atoms with Crippen molar-refractivity contribution in [3.63, 3.8) is 0 Å². The number of hydrogen-bond donors (Lipinski definition) is 0. The molecule has 1 heterocycles. The Kier molecular flexibility index (Phi) is 4.09. The van der Waals surface area contributed by atoms with Gasteiger partial charge in [-0.25, -0.2) is 4.79 Å². The molecule has 0 aliphatic heterocycles. The lowest BCUT2D eigenvalue weighted by atomic mass is 10.1. The molecule has 2 aromatic carbocycles. The molecule has 1 aromatic heterocycles. The Balaban J connectivity index is 1.97. The van der Waals surface area contributed by atoms with Crippen molar-refractivity contribution in [1.29, 1.82) is 0 Å². The summed E-state index contributed by atoms with van der Waals surface area (Å²) >= 11 is 0. The molecule has 0 aliphatic carbocycles. The van der Waals surface area contributed by atoms with Gasteiger partial charge < -0.3 is 9.15 Å². The minimum Gasteiger partial charge on any atom is -0.408 e. The second-order valence-corrected chi connectivity index (χ2v) is 5.27. The highest BCUT2D eigenvalue weighted by molar-refractivity contribution is 5.80. The molecular weight excluding hydrogens is 323 g/mol. The van der Waals surface area contributed by atoms with E-state index in [1.54, 1.807) is 22.8 Å². The molecule has 0 spiro atoms. The van der Waals surface area contributed by atoms with Crippen LogP contribution in [0.1, 0.15) is 13.3 Å². The van der Waals surface area contributed by atoms with E-state index in [4.69, 9.17) is 4.42 Å². The predicted octanol–water partition coefficient (Wildman–Crippen LogP) is 4.57. The maximum absolute atomic E-state index is 12.2. The number of alkyl halides is 3. The van der Waals surface area contributed by atoms with Crippen molar-refractivity contribution in [2.75, 3.05) is 0 Å². The van der Waals surface area contributed by atoms with E-state index in [0.717, 1.165) is 12.0 Å². The molecular formula is C17H14F3NO3. The first-order chi connectivity index (χ1) is 11.4. The van der Waals surface area contributed by atoms with Gasteiger partial charge in [0.15, 0.2) is 5.58 Å². The summed E-state index contributed by atoms with van der Waals surface area (Å²) in [5.74, 6) is -0.698. The van der Waals surface area contributed by atoms with Crippen LogP contribution in [0.5, 0.6) is 5.75 Å². The van der Waals surface area contributed by atoms with Crippen molar-refractivity contribution in [2.45, 2.75) is 26.3 Å². The Bertz CT molecular complexity index is 907. The standard InChI is InChI=1S/C17H14F3NO3/c1-2-9-21-14-10-12(5-8-15(14)23-16(21)22)11-3-6-13(7-4-11)24-17(18,19)20/h3-8,10H,2,9H2,1H3. The minimum absolute atomic E-state index is 0.279. The topological polar surface area (TPSA) is 44.4 Å². The van der Waals surface area contributed by atoms with Crippen molar-refractivity contribution in [3.8, 4) is 16.9 Å². The number of oxazole rings is 1. The van der Waals surface area contributed by atoms with Crippen LogP contribution in [0.2, 0.25) is 0 Å². The number of aryl methyl sites for hydroxylation is 1. The van der Waals surface area contributed by atoms with Crippen LogP contribution < -0.4 is 10.5 Å². The molecule has 0 aliphatic rings. The molecule has 0 saturated carbocycles. The highest BCUT2D eigenvalue weighted by Gasteiger charge is 2.30. The van der Waals surface area contributed by atoms with Gasteiger partial charge >= 0.3 is 12.1 Å². The Hall–Kier alpha value is -2.70. The van der Waals surface area contributed by atoms with E-state index in [-0.39, 0.29) is 5.75 Å². The number of ether oxygens (including phenoxy) is 1. The third-order valence-corrected chi connectivity index (χ3v) is 3.54. The van der Waals surface area contributed by atoms with Gasteiger partial charge in [-0.15, -0.1) is 13.2 Å². The lowest BCUT2D eigenvalue weighted by Crippen LogP contribution is -2.16. The average Bonchev–Trinajstić information content (AvgIpc) is 2.82. The molecule has 7 heteroatoms. The summed E-state index contributed by atoms with van der Waals surface area (Å²) in [6, 6.07) is 10.8. The maximum Gasteiger partial charge on any atom is 0.573 e. The highest BCUT2D eigenvalue weighted by Crippen LogP contribution is 2.28. The first-order valence-electron chi connectivity index (χ1n) is 7.37. The first-order valence-corrected chi connectivity index (χ1v) is 7.37. The average molecular weight is 337 g/mol. The Morgan fingerprint density at radius 3 is 2.38 bits per heavy atom. The summed E-state index contributed by atoms with van der Waals surface area (Å²) in [6.07, 6.45) is -3.93. The largest absolute Gasteiger partial charge is 0.573 e. The van der Waals surface area contributed by atoms with Crippen LogP contribution in [0, 0.1) is 0 Å². The van der Waals surface area contributed by atoms with Crippen LogP contribution in [0.4, 0.5) is 13.2 Å². The molecule has 0 atom stereocenters. The van der Waals surface area contributed by atoms with Gasteiger partial charge in [-0.3, -0.25) is 4.57 Å². The molecule has 0 radical (unpaired) electrons. The number of benzene rings is 2. The van der Waals surface area contributed by atoms with E-state index < -0.39 is 12.1 Å². The van der Waals surface area contributed by atoms with E-state index in [9.17, 15) is 18.0 Å². The highest BCUT2D eigenvalue weighted by atomic mass is 19.4. The number of aromatic nitrogens is 1. The second-order valence-electron chi connectivity index (χ2n) is 5.27. The molecule has 24 heavy (non-hydrogen) atoms. The molecule has 0 unspecified atom stereocenters. The lowest BCUT2D eigenvalue weighted by Gasteiger charge is -2.09. The maximum atomic E-state index is 12.2. The van der Waals surface area contributed by atoms with E-state index in [1.807, 2.05) is 6.92 Å². The van der Waals surface area contributed by atoms with Gasteiger partial charge in [0.05, 0.1) is 5.52 Å². The summed E-state index contributed by atoms with van der Waals surface area (Å²) in [5, 5.41) is 0. The van der Waals surface area contributed by atoms with Gasteiger partial charge in [0.25, 0.3) is 0 Å². The SMILES string of the molecule is CCCn1c(=O)oc2ccc(-c3ccc(OC(F)(F)F)cc3)cc21. The van der Waals surface area contributed by atoms with Crippen molar-refractivity contribution in [2.24, 2.45) is 0 Å². The molecule has 3 aromatic rings. The molecule has 0 amide bonds. The lowest BCUT2D eigenvalue weighted by molar-refractivity contribution is -0.274. The Labute approximate surface area is 135 Å². The summed E-state index contributed by atoms with van der Waals surface area (Å²) in [4.78, 5) is 11.8. The number of halogens is 3. The van der Waals surface area contributed by atoms with Crippen molar-refractivity contribution >= 4 is 11.1 Å². The molecule has 3 rings (SSSR count). The van der Waals surface area contributed by atoms with Crippen LogP contribution in [-0.4, -0.2) is 10.9 Å². The number of rotatable bonds is 4. The Morgan fingerprint density at radius 1 is 1.08 bits per heavy atom. The van der Waals surface area contributed by atoms with Crippen LogP contribution >= 0.6 is 0 Å². The third kappa shape index (κ3) is 3.29.